The number of H-pyrrole nitrogens is 1. The third-order valence-electron chi connectivity index (χ3n) is 2.86. The molecule has 94 valence electrons. The van der Waals surface area contributed by atoms with Crippen LogP contribution in [0.1, 0.15) is 35.9 Å². The second-order valence-electron chi connectivity index (χ2n) is 4.25. The van der Waals surface area contributed by atoms with Crippen LogP contribution in [0.4, 0.5) is 5.69 Å². The molecule has 1 aliphatic rings. The van der Waals surface area contributed by atoms with Crippen molar-refractivity contribution in [1.29, 1.82) is 0 Å². The largest absolute Gasteiger partial charge is 0.395 e. The maximum atomic E-state index is 11.9. The Morgan fingerprint density at radius 1 is 1.71 bits per heavy atom. The Kier molecular flexibility index (Phi) is 3.63. The van der Waals surface area contributed by atoms with Gasteiger partial charge in [0.15, 0.2) is 5.69 Å². The molecule has 1 amide bonds. The van der Waals surface area contributed by atoms with E-state index in [2.05, 4.69) is 22.4 Å². The molecule has 0 bridgehead atoms. The van der Waals surface area contributed by atoms with Gasteiger partial charge in [-0.15, -0.1) is 0 Å². The maximum Gasteiger partial charge on any atom is 0.274 e. The van der Waals surface area contributed by atoms with Crippen LogP contribution in [0.5, 0.6) is 0 Å². The lowest BCUT2D eigenvalue weighted by atomic mass is 10.2. The van der Waals surface area contributed by atoms with Crippen molar-refractivity contribution in [2.24, 2.45) is 0 Å². The Bertz CT molecular complexity index is 396. The number of ether oxygens (including phenoxy) is 1. The van der Waals surface area contributed by atoms with Crippen LogP contribution in [0.3, 0.4) is 0 Å². The molecule has 0 aromatic carbocycles. The molecule has 6 nitrogen and oxygen atoms in total. The van der Waals surface area contributed by atoms with E-state index in [1.807, 2.05) is 0 Å². The van der Waals surface area contributed by atoms with Gasteiger partial charge >= 0.3 is 0 Å². The average Bonchev–Trinajstić information content (AvgIpc) is 2.91. The van der Waals surface area contributed by atoms with Gasteiger partial charge in [0.1, 0.15) is 0 Å². The third-order valence-corrected chi connectivity index (χ3v) is 2.86. The monoisotopic (exact) mass is 238 g/mol. The Morgan fingerprint density at radius 3 is 3.18 bits per heavy atom. The van der Waals surface area contributed by atoms with Gasteiger partial charge in [-0.2, -0.15) is 5.10 Å². The molecule has 1 fully saturated rings. The number of amides is 1. The van der Waals surface area contributed by atoms with Crippen molar-refractivity contribution >= 4 is 11.6 Å². The summed E-state index contributed by atoms with van der Waals surface area (Å²) in [6, 6.07) is 0.0771. The van der Waals surface area contributed by atoms with Crippen molar-refractivity contribution in [2.75, 3.05) is 18.9 Å². The number of hydrogen-bond acceptors (Lipinski definition) is 4. The zero-order valence-electron chi connectivity index (χ0n) is 9.95. The fraction of sp³-hybridized carbons (Fsp3) is 0.636. The van der Waals surface area contributed by atoms with Gasteiger partial charge in [0.2, 0.25) is 0 Å². The van der Waals surface area contributed by atoms with Crippen molar-refractivity contribution < 1.29 is 9.53 Å². The van der Waals surface area contributed by atoms with Gasteiger partial charge in [0.25, 0.3) is 5.91 Å². The molecule has 0 radical (unpaired) electrons. The average molecular weight is 238 g/mol. The maximum absolute atomic E-state index is 11.9. The molecule has 6 heteroatoms. The molecule has 0 spiro atoms. The van der Waals surface area contributed by atoms with Gasteiger partial charge in [-0.1, -0.05) is 13.3 Å². The summed E-state index contributed by atoms with van der Waals surface area (Å²) in [5.41, 5.74) is 7.47. The molecule has 1 saturated heterocycles. The number of anilines is 1. The number of nitrogen functional groups attached to an aromatic ring is 1. The van der Waals surface area contributed by atoms with Gasteiger partial charge in [-0.05, 0) is 12.8 Å². The van der Waals surface area contributed by atoms with Crippen molar-refractivity contribution in [1.82, 2.24) is 15.5 Å². The second kappa shape index (κ2) is 5.18. The molecule has 1 atom stereocenters. The van der Waals surface area contributed by atoms with E-state index in [-0.39, 0.29) is 11.9 Å². The normalized spacial score (nSPS) is 19.5. The first-order valence-electron chi connectivity index (χ1n) is 5.93. The summed E-state index contributed by atoms with van der Waals surface area (Å²) in [5.74, 6) is -0.225. The van der Waals surface area contributed by atoms with Crippen molar-refractivity contribution in [3.05, 3.63) is 11.4 Å². The molecule has 0 aliphatic carbocycles. The Morgan fingerprint density at radius 2 is 2.53 bits per heavy atom. The van der Waals surface area contributed by atoms with E-state index in [9.17, 15) is 4.79 Å². The molecule has 1 aromatic heterocycles. The molecule has 0 saturated carbocycles. The number of nitrogens with two attached hydrogens (primary N) is 1. The van der Waals surface area contributed by atoms with Crippen molar-refractivity contribution in [3.8, 4) is 0 Å². The number of nitrogens with one attached hydrogen (secondary N) is 2. The zero-order valence-corrected chi connectivity index (χ0v) is 9.95. The second-order valence-corrected chi connectivity index (χ2v) is 4.25. The number of aromatic amines is 1. The number of carbonyl (C=O) groups excluding carboxylic acids is 1. The topological polar surface area (TPSA) is 93.0 Å². The van der Waals surface area contributed by atoms with E-state index in [0.29, 0.717) is 24.6 Å². The third kappa shape index (κ3) is 2.58. The summed E-state index contributed by atoms with van der Waals surface area (Å²) in [4.78, 5) is 11.9. The molecule has 17 heavy (non-hydrogen) atoms. The lowest BCUT2D eigenvalue weighted by Crippen LogP contribution is -2.35. The summed E-state index contributed by atoms with van der Waals surface area (Å²) in [5, 5.41) is 9.65. The minimum atomic E-state index is -0.225. The van der Waals surface area contributed by atoms with Crippen LogP contribution in [-0.2, 0) is 11.2 Å². The Balaban J connectivity index is 2.03. The quantitative estimate of drug-likeness (QED) is 0.710. The molecule has 2 rings (SSSR count). The van der Waals surface area contributed by atoms with E-state index in [1.165, 1.54) is 0 Å². The standard InChI is InChI=1S/C11H18N4O2/c1-2-3-8-9(12)10(15-14-8)11(16)13-7-4-5-17-6-7/h7H,2-6,12H2,1H3,(H,13,16)(H,14,15). The summed E-state index contributed by atoms with van der Waals surface area (Å²) in [6.45, 7) is 3.32. The minimum Gasteiger partial charge on any atom is -0.395 e. The molecule has 1 unspecified atom stereocenters. The van der Waals surface area contributed by atoms with Gasteiger partial charge in [0.05, 0.1) is 24.0 Å². The minimum absolute atomic E-state index is 0.0771. The predicted octanol–water partition coefficient (Wildman–Crippen LogP) is 0.463. The predicted molar refractivity (Wildman–Crippen MR) is 63.7 cm³/mol. The summed E-state index contributed by atoms with van der Waals surface area (Å²) < 4.78 is 5.19. The fourth-order valence-electron chi connectivity index (χ4n) is 1.90. The van der Waals surface area contributed by atoms with Crippen molar-refractivity contribution in [3.63, 3.8) is 0 Å². The van der Waals surface area contributed by atoms with Crippen LogP contribution in [-0.4, -0.2) is 35.4 Å². The molecule has 1 aromatic rings. The first kappa shape index (κ1) is 11.9. The number of aryl methyl sites for hydroxylation is 1. The Hall–Kier alpha value is -1.56. The number of rotatable bonds is 4. The van der Waals surface area contributed by atoms with Gasteiger partial charge < -0.3 is 15.8 Å². The highest BCUT2D eigenvalue weighted by molar-refractivity contribution is 5.97. The summed E-state index contributed by atoms with van der Waals surface area (Å²) in [6.07, 6.45) is 2.61. The number of carbonyl (C=O) groups is 1. The molecular weight excluding hydrogens is 220 g/mol. The van der Waals surface area contributed by atoms with Crippen LogP contribution < -0.4 is 11.1 Å². The van der Waals surface area contributed by atoms with Crippen LogP contribution in [0, 0.1) is 0 Å². The van der Waals surface area contributed by atoms with E-state index in [0.717, 1.165) is 25.0 Å². The van der Waals surface area contributed by atoms with Crippen LogP contribution in [0.15, 0.2) is 0 Å². The van der Waals surface area contributed by atoms with E-state index in [1.54, 1.807) is 0 Å². The van der Waals surface area contributed by atoms with E-state index in [4.69, 9.17) is 10.5 Å². The van der Waals surface area contributed by atoms with Crippen molar-refractivity contribution in [2.45, 2.75) is 32.2 Å². The zero-order chi connectivity index (χ0) is 12.3. The van der Waals surface area contributed by atoms with Crippen LogP contribution in [0.25, 0.3) is 0 Å². The van der Waals surface area contributed by atoms with Gasteiger partial charge in [-0.25, -0.2) is 0 Å². The summed E-state index contributed by atoms with van der Waals surface area (Å²) >= 11 is 0. The fourth-order valence-corrected chi connectivity index (χ4v) is 1.90. The van der Waals surface area contributed by atoms with Gasteiger partial charge in [0, 0.05) is 6.61 Å². The number of aromatic nitrogens is 2. The first-order valence-corrected chi connectivity index (χ1v) is 5.93. The van der Waals surface area contributed by atoms with Crippen LogP contribution >= 0.6 is 0 Å². The Labute approximate surface area is 99.9 Å². The van der Waals surface area contributed by atoms with Crippen LogP contribution in [0.2, 0.25) is 0 Å². The lowest BCUT2D eigenvalue weighted by Gasteiger charge is -2.09. The molecule has 1 aliphatic heterocycles. The molecule has 2 heterocycles. The smallest absolute Gasteiger partial charge is 0.274 e. The molecule has 4 N–H and O–H groups in total. The number of hydrogen-bond donors (Lipinski definition) is 3. The SMILES string of the molecule is CCCc1[nH]nc(C(=O)NC2CCOC2)c1N. The highest BCUT2D eigenvalue weighted by Crippen LogP contribution is 2.16. The highest BCUT2D eigenvalue weighted by Gasteiger charge is 2.22. The number of nitrogens with zero attached hydrogens (tertiary/aromatic N) is 1. The van der Waals surface area contributed by atoms with E-state index >= 15 is 0 Å². The highest BCUT2D eigenvalue weighted by atomic mass is 16.5. The van der Waals surface area contributed by atoms with Gasteiger partial charge in [-0.3, -0.25) is 9.89 Å². The lowest BCUT2D eigenvalue weighted by molar-refractivity contribution is 0.0925. The molecular formula is C11H18N4O2. The summed E-state index contributed by atoms with van der Waals surface area (Å²) in [7, 11) is 0. The van der Waals surface area contributed by atoms with E-state index < -0.39 is 0 Å². The first-order chi connectivity index (χ1) is 8.22.